The predicted molar refractivity (Wildman–Crippen MR) is 108 cm³/mol. The van der Waals surface area contributed by atoms with Crippen molar-refractivity contribution in [3.05, 3.63) is 61.8 Å². The Bertz CT molecular complexity index is 879. The third kappa shape index (κ3) is 3.65. The van der Waals surface area contributed by atoms with Gasteiger partial charge in [0, 0.05) is 21.5 Å². The Morgan fingerprint density at radius 2 is 2.00 bits per heavy atom. The number of benzene rings is 1. The topological polar surface area (TPSA) is 35.3 Å². The molecule has 0 bridgehead atoms. The van der Waals surface area contributed by atoms with E-state index in [1.807, 2.05) is 18.2 Å². The Hall–Kier alpha value is -1.07. The monoisotopic (exact) mass is 453 g/mol. The molecule has 0 aliphatic heterocycles. The number of hydrogen-bond donors (Lipinski definition) is 0. The van der Waals surface area contributed by atoms with E-state index in [4.69, 9.17) is 32.5 Å². The molecule has 26 heavy (non-hydrogen) atoms. The first kappa shape index (κ1) is 18.3. The fraction of sp³-hybridized carbons (Fsp3) is 0.350. The highest BCUT2D eigenvalue weighted by Crippen LogP contribution is 2.46. The van der Waals surface area contributed by atoms with Gasteiger partial charge in [0.15, 0.2) is 0 Å². The normalized spacial score (nSPS) is 20.1. The maximum Gasteiger partial charge on any atom is 0.145 e. The second kappa shape index (κ2) is 7.51. The van der Waals surface area contributed by atoms with E-state index in [0.717, 1.165) is 35.1 Å². The van der Waals surface area contributed by atoms with Crippen LogP contribution in [0.2, 0.25) is 10.0 Å². The van der Waals surface area contributed by atoms with Gasteiger partial charge in [-0.3, -0.25) is 0 Å². The van der Waals surface area contributed by atoms with Crippen LogP contribution in [0.1, 0.15) is 43.4 Å². The Morgan fingerprint density at radius 3 is 2.65 bits per heavy atom. The molecule has 6 heteroatoms. The van der Waals surface area contributed by atoms with Gasteiger partial charge in [-0.25, -0.2) is 0 Å². The molecule has 1 heterocycles. The zero-order chi connectivity index (χ0) is 18.3. The van der Waals surface area contributed by atoms with Gasteiger partial charge in [-0.1, -0.05) is 62.5 Å². The molecule has 0 spiro atoms. The Labute approximate surface area is 171 Å². The number of aromatic nitrogens is 1. The van der Waals surface area contributed by atoms with Gasteiger partial charge in [0.25, 0.3) is 0 Å². The molecule has 2 aliphatic carbocycles. The maximum absolute atomic E-state index is 6.40. The molecule has 1 fully saturated rings. The minimum Gasteiger partial charge on any atom is -0.369 e. The van der Waals surface area contributed by atoms with Gasteiger partial charge in [-0.2, -0.15) is 0 Å². The van der Waals surface area contributed by atoms with Crippen LogP contribution in [0.25, 0.3) is 11.3 Å². The summed E-state index contributed by atoms with van der Waals surface area (Å²) >= 11 is 16.3. The third-order valence-electron chi connectivity index (χ3n) is 4.75. The molecule has 0 radical (unpaired) electrons. The van der Waals surface area contributed by atoms with E-state index in [1.165, 1.54) is 5.57 Å². The molecule has 1 unspecified atom stereocenters. The second-order valence-electron chi connectivity index (χ2n) is 6.73. The summed E-state index contributed by atoms with van der Waals surface area (Å²) in [7, 11) is 0. The van der Waals surface area contributed by atoms with Crippen molar-refractivity contribution in [2.45, 2.75) is 44.8 Å². The van der Waals surface area contributed by atoms with Gasteiger partial charge in [0.05, 0.1) is 22.8 Å². The van der Waals surface area contributed by atoms with Crippen molar-refractivity contribution in [1.29, 1.82) is 0 Å². The van der Waals surface area contributed by atoms with Crippen molar-refractivity contribution >= 4 is 39.1 Å². The molecule has 0 N–H and O–H groups in total. The molecule has 0 saturated heterocycles. The lowest BCUT2D eigenvalue weighted by Gasteiger charge is -2.18. The molecule has 2 aromatic rings. The Kier molecular flexibility index (Phi) is 5.29. The molecule has 0 amide bonds. The summed E-state index contributed by atoms with van der Waals surface area (Å²) in [5.74, 6) is 1.33. The smallest absolute Gasteiger partial charge is 0.145 e. The lowest BCUT2D eigenvalue weighted by atomic mass is 10.0. The van der Waals surface area contributed by atoms with Crippen LogP contribution in [0.5, 0.6) is 0 Å². The average molecular weight is 455 g/mol. The van der Waals surface area contributed by atoms with Crippen LogP contribution in [0.15, 0.2) is 44.9 Å². The fourth-order valence-corrected chi connectivity index (χ4v) is 4.06. The molecule has 1 saturated carbocycles. The number of rotatable bonds is 5. The highest BCUT2D eigenvalue weighted by atomic mass is 79.9. The summed E-state index contributed by atoms with van der Waals surface area (Å²) in [5, 5.41) is 5.43. The van der Waals surface area contributed by atoms with Gasteiger partial charge in [0.1, 0.15) is 11.5 Å². The lowest BCUT2D eigenvalue weighted by Crippen LogP contribution is -2.13. The number of halogens is 3. The average Bonchev–Trinajstić information content (AvgIpc) is 3.37. The van der Waals surface area contributed by atoms with Crippen molar-refractivity contribution in [3.63, 3.8) is 0 Å². The van der Waals surface area contributed by atoms with Gasteiger partial charge >= 0.3 is 0 Å². The summed E-state index contributed by atoms with van der Waals surface area (Å²) in [6.45, 7) is 2.49. The molecule has 2 aliphatic rings. The Morgan fingerprint density at radius 1 is 1.27 bits per heavy atom. The van der Waals surface area contributed by atoms with Gasteiger partial charge < -0.3 is 9.26 Å². The lowest BCUT2D eigenvalue weighted by molar-refractivity contribution is 0.0720. The zero-order valence-corrected chi connectivity index (χ0v) is 17.4. The molecule has 136 valence electrons. The van der Waals surface area contributed by atoms with E-state index in [9.17, 15) is 0 Å². The minimum absolute atomic E-state index is 0.0350. The highest BCUT2D eigenvalue weighted by molar-refractivity contribution is 9.12. The number of ether oxygens (including phenoxy) is 1. The molecular weight excluding hydrogens is 437 g/mol. The van der Waals surface area contributed by atoms with Gasteiger partial charge in [-0.05, 0) is 43.9 Å². The summed E-state index contributed by atoms with van der Waals surface area (Å²) in [4.78, 5) is 0. The van der Waals surface area contributed by atoms with Crippen LogP contribution < -0.4 is 0 Å². The SMILES string of the molecule is CC1=CC(OCc2c(-c3c(Cl)cccc3Cl)noc2C2CC2)CC=C1Br. The number of nitrogens with zero attached hydrogens (tertiary/aromatic N) is 1. The standard InChI is InChI=1S/C20H18BrCl2NO2/c1-11-9-13(7-8-15(11)21)25-10-14-19(24-26-20(14)12-5-6-12)18-16(22)3-2-4-17(18)23/h2-4,8-9,12-13H,5-7,10H2,1H3. The summed E-state index contributed by atoms with van der Waals surface area (Å²) in [6, 6.07) is 5.45. The first-order valence-corrected chi connectivity index (χ1v) is 10.2. The van der Waals surface area contributed by atoms with Crippen molar-refractivity contribution in [2.75, 3.05) is 0 Å². The zero-order valence-electron chi connectivity index (χ0n) is 14.3. The van der Waals surface area contributed by atoms with Crippen LogP contribution >= 0.6 is 39.1 Å². The highest BCUT2D eigenvalue weighted by Gasteiger charge is 2.33. The van der Waals surface area contributed by atoms with Gasteiger partial charge in [-0.15, -0.1) is 0 Å². The molecule has 1 atom stereocenters. The van der Waals surface area contributed by atoms with Gasteiger partial charge in [0.2, 0.25) is 0 Å². The molecule has 4 rings (SSSR count). The fourth-order valence-electron chi connectivity index (χ4n) is 3.16. The van der Waals surface area contributed by atoms with Crippen LogP contribution in [-0.2, 0) is 11.3 Å². The van der Waals surface area contributed by atoms with Crippen LogP contribution in [0, 0.1) is 0 Å². The summed E-state index contributed by atoms with van der Waals surface area (Å²) in [6.07, 6.45) is 7.39. The largest absolute Gasteiger partial charge is 0.369 e. The van der Waals surface area contributed by atoms with E-state index in [2.05, 4.69) is 40.2 Å². The molecule has 1 aromatic heterocycles. The molecule has 1 aromatic carbocycles. The quantitative estimate of drug-likeness (QED) is 0.485. The summed E-state index contributed by atoms with van der Waals surface area (Å²) in [5.41, 5.74) is 3.55. The minimum atomic E-state index is 0.0350. The van der Waals surface area contributed by atoms with Crippen molar-refractivity contribution in [2.24, 2.45) is 0 Å². The third-order valence-corrected chi connectivity index (χ3v) is 6.33. The maximum atomic E-state index is 6.40. The van der Waals surface area contributed by atoms with E-state index in [0.29, 0.717) is 33.8 Å². The van der Waals surface area contributed by atoms with Crippen LogP contribution in [-0.4, -0.2) is 11.3 Å². The van der Waals surface area contributed by atoms with E-state index >= 15 is 0 Å². The molecule has 3 nitrogen and oxygen atoms in total. The summed E-state index contributed by atoms with van der Waals surface area (Å²) < 4.78 is 13.0. The van der Waals surface area contributed by atoms with Crippen molar-refractivity contribution in [1.82, 2.24) is 5.16 Å². The van der Waals surface area contributed by atoms with Crippen LogP contribution in [0.4, 0.5) is 0 Å². The molecular formula is C20H18BrCl2NO2. The van der Waals surface area contributed by atoms with Crippen molar-refractivity contribution < 1.29 is 9.26 Å². The van der Waals surface area contributed by atoms with E-state index < -0.39 is 0 Å². The van der Waals surface area contributed by atoms with E-state index in [-0.39, 0.29) is 6.10 Å². The first-order valence-electron chi connectivity index (χ1n) is 8.63. The first-order chi connectivity index (χ1) is 12.5. The number of allylic oxidation sites excluding steroid dienone is 2. The number of hydrogen-bond acceptors (Lipinski definition) is 3. The predicted octanol–water partition coefficient (Wildman–Crippen LogP) is 7.04. The Balaban J connectivity index is 1.64. The van der Waals surface area contributed by atoms with Crippen LogP contribution in [0.3, 0.4) is 0 Å². The second-order valence-corrected chi connectivity index (χ2v) is 8.40. The van der Waals surface area contributed by atoms with E-state index in [1.54, 1.807) is 0 Å². The van der Waals surface area contributed by atoms with Crippen molar-refractivity contribution in [3.8, 4) is 11.3 Å².